The van der Waals surface area contributed by atoms with Crippen LogP contribution in [0.15, 0.2) is 0 Å². The second-order valence-corrected chi connectivity index (χ2v) is 4.81. The van der Waals surface area contributed by atoms with Crippen molar-refractivity contribution < 1.29 is 14.7 Å². The third-order valence-electron chi connectivity index (χ3n) is 3.19. The number of aliphatic carboxylic acids is 1. The predicted octanol–water partition coefficient (Wildman–Crippen LogP) is 0.929. The van der Waals surface area contributed by atoms with Crippen molar-refractivity contribution in [1.29, 1.82) is 0 Å². The van der Waals surface area contributed by atoms with Crippen LogP contribution in [-0.4, -0.2) is 44.8 Å². The Morgan fingerprint density at radius 1 is 1.50 bits per heavy atom. The zero-order valence-electron chi connectivity index (χ0n) is 10.2. The summed E-state index contributed by atoms with van der Waals surface area (Å²) < 4.78 is 1.44. The number of likely N-dealkylation sites (tertiary alicyclic amines) is 1. The molecule has 1 aliphatic rings. The number of nitrogens with zero attached hydrogens (tertiary/aromatic N) is 3. The molecule has 0 aromatic carbocycles. The van der Waals surface area contributed by atoms with Crippen molar-refractivity contribution in [3.63, 3.8) is 0 Å². The number of aromatic nitrogens is 2. The van der Waals surface area contributed by atoms with Gasteiger partial charge in [-0.3, -0.25) is 14.3 Å². The third-order valence-corrected chi connectivity index (χ3v) is 3.62. The molecule has 1 aromatic rings. The SMILES string of the molecule is Cc1nn(C)c(Cl)c1C(=O)N1CC[C@@H](C(=O)O)C1. The Morgan fingerprint density at radius 3 is 2.61 bits per heavy atom. The highest BCUT2D eigenvalue weighted by atomic mass is 35.5. The van der Waals surface area contributed by atoms with Gasteiger partial charge in [0.2, 0.25) is 0 Å². The van der Waals surface area contributed by atoms with E-state index in [1.807, 2.05) is 0 Å². The summed E-state index contributed by atoms with van der Waals surface area (Å²) in [5, 5.41) is 13.3. The van der Waals surface area contributed by atoms with Crippen molar-refractivity contribution >= 4 is 23.5 Å². The average Bonchev–Trinajstić information content (AvgIpc) is 2.85. The quantitative estimate of drug-likeness (QED) is 0.868. The maximum atomic E-state index is 12.3. The van der Waals surface area contributed by atoms with Gasteiger partial charge in [-0.2, -0.15) is 5.10 Å². The van der Waals surface area contributed by atoms with Gasteiger partial charge in [-0.05, 0) is 13.3 Å². The number of halogens is 1. The van der Waals surface area contributed by atoms with Crippen molar-refractivity contribution in [2.75, 3.05) is 13.1 Å². The van der Waals surface area contributed by atoms with Crippen LogP contribution in [0.5, 0.6) is 0 Å². The van der Waals surface area contributed by atoms with Crippen LogP contribution < -0.4 is 0 Å². The van der Waals surface area contributed by atoms with E-state index >= 15 is 0 Å². The Hall–Kier alpha value is -1.56. The molecular formula is C11H14ClN3O3. The summed E-state index contributed by atoms with van der Waals surface area (Å²) in [7, 11) is 1.66. The summed E-state index contributed by atoms with van der Waals surface area (Å²) in [6.45, 7) is 2.39. The molecule has 1 N–H and O–H groups in total. The molecule has 0 aliphatic carbocycles. The maximum absolute atomic E-state index is 12.3. The summed E-state index contributed by atoms with van der Waals surface area (Å²) in [4.78, 5) is 24.7. The second kappa shape index (κ2) is 4.61. The van der Waals surface area contributed by atoms with Gasteiger partial charge >= 0.3 is 5.97 Å². The van der Waals surface area contributed by atoms with Crippen LogP contribution in [0.4, 0.5) is 0 Å². The van der Waals surface area contributed by atoms with Crippen LogP contribution in [-0.2, 0) is 11.8 Å². The smallest absolute Gasteiger partial charge is 0.308 e. The van der Waals surface area contributed by atoms with E-state index in [9.17, 15) is 9.59 Å². The van der Waals surface area contributed by atoms with E-state index < -0.39 is 11.9 Å². The Balaban J connectivity index is 2.20. The van der Waals surface area contributed by atoms with Crippen molar-refractivity contribution in [3.05, 3.63) is 16.4 Å². The molecule has 0 radical (unpaired) electrons. The number of hydrogen-bond acceptors (Lipinski definition) is 3. The van der Waals surface area contributed by atoms with Crippen LogP contribution in [0, 0.1) is 12.8 Å². The summed E-state index contributed by atoms with van der Waals surface area (Å²) >= 11 is 6.02. The zero-order valence-corrected chi connectivity index (χ0v) is 10.9. The molecule has 0 bridgehead atoms. The fourth-order valence-corrected chi connectivity index (χ4v) is 2.43. The van der Waals surface area contributed by atoms with Gasteiger partial charge < -0.3 is 10.0 Å². The van der Waals surface area contributed by atoms with Crippen molar-refractivity contribution in [2.24, 2.45) is 13.0 Å². The van der Waals surface area contributed by atoms with Gasteiger partial charge in [-0.1, -0.05) is 11.6 Å². The fraction of sp³-hybridized carbons (Fsp3) is 0.545. The van der Waals surface area contributed by atoms with Crippen molar-refractivity contribution in [2.45, 2.75) is 13.3 Å². The standard InChI is InChI=1S/C11H14ClN3O3/c1-6-8(9(12)14(2)13-6)10(16)15-4-3-7(5-15)11(17)18/h7H,3-5H2,1-2H3,(H,17,18)/t7-/m1/s1. The number of carboxylic acids is 1. The molecule has 6 nitrogen and oxygen atoms in total. The first-order valence-corrected chi connectivity index (χ1v) is 6.00. The normalized spacial score (nSPS) is 19.3. The van der Waals surface area contributed by atoms with Gasteiger partial charge in [0.15, 0.2) is 0 Å². The van der Waals surface area contributed by atoms with Crippen LogP contribution in [0.2, 0.25) is 5.15 Å². The van der Waals surface area contributed by atoms with Gasteiger partial charge in [-0.25, -0.2) is 0 Å². The predicted molar refractivity (Wildman–Crippen MR) is 64.6 cm³/mol. The fourth-order valence-electron chi connectivity index (χ4n) is 2.18. The minimum atomic E-state index is -0.862. The molecule has 2 rings (SSSR count). The average molecular weight is 272 g/mol. The first-order valence-electron chi connectivity index (χ1n) is 5.63. The highest BCUT2D eigenvalue weighted by Crippen LogP contribution is 2.24. The van der Waals surface area contributed by atoms with Crippen LogP contribution >= 0.6 is 11.6 Å². The Morgan fingerprint density at radius 2 is 2.17 bits per heavy atom. The number of amides is 1. The van der Waals surface area contributed by atoms with E-state index in [0.29, 0.717) is 24.2 Å². The lowest BCUT2D eigenvalue weighted by atomic mass is 10.1. The van der Waals surface area contributed by atoms with E-state index in [-0.39, 0.29) is 17.6 Å². The lowest BCUT2D eigenvalue weighted by molar-refractivity contribution is -0.141. The molecule has 98 valence electrons. The zero-order chi connectivity index (χ0) is 13.4. The number of carboxylic acid groups (broad SMARTS) is 1. The molecular weight excluding hydrogens is 258 g/mol. The van der Waals surface area contributed by atoms with E-state index in [1.165, 1.54) is 9.58 Å². The topological polar surface area (TPSA) is 75.4 Å². The molecule has 7 heteroatoms. The molecule has 0 spiro atoms. The molecule has 1 atom stereocenters. The highest BCUT2D eigenvalue weighted by Gasteiger charge is 2.33. The molecule has 2 heterocycles. The monoisotopic (exact) mass is 271 g/mol. The van der Waals surface area contributed by atoms with Crippen LogP contribution in [0.25, 0.3) is 0 Å². The minimum absolute atomic E-state index is 0.235. The van der Waals surface area contributed by atoms with E-state index in [2.05, 4.69) is 5.10 Å². The summed E-state index contributed by atoms with van der Waals surface area (Å²) in [5.41, 5.74) is 0.927. The molecule has 1 saturated heterocycles. The molecule has 0 saturated carbocycles. The summed E-state index contributed by atoms with van der Waals surface area (Å²) in [5.74, 6) is -1.58. The van der Waals surface area contributed by atoms with E-state index in [1.54, 1.807) is 14.0 Å². The van der Waals surface area contributed by atoms with Crippen LogP contribution in [0.3, 0.4) is 0 Å². The Labute approximate surface area is 109 Å². The lowest BCUT2D eigenvalue weighted by Gasteiger charge is -2.15. The first kappa shape index (κ1) is 12.9. The number of carbonyl (C=O) groups is 2. The van der Waals surface area contributed by atoms with Gasteiger partial charge in [0.05, 0.1) is 17.2 Å². The van der Waals surface area contributed by atoms with Crippen molar-refractivity contribution in [3.8, 4) is 0 Å². The van der Waals surface area contributed by atoms with Gasteiger partial charge in [0, 0.05) is 20.1 Å². The van der Waals surface area contributed by atoms with E-state index in [0.717, 1.165) is 0 Å². The first-order chi connectivity index (χ1) is 8.41. The maximum Gasteiger partial charge on any atom is 0.308 e. The second-order valence-electron chi connectivity index (χ2n) is 4.45. The Bertz CT molecular complexity index is 512. The number of aryl methyl sites for hydroxylation is 2. The Kier molecular flexibility index (Phi) is 3.30. The van der Waals surface area contributed by atoms with E-state index in [4.69, 9.17) is 16.7 Å². The number of hydrogen-bond donors (Lipinski definition) is 1. The highest BCUT2D eigenvalue weighted by molar-refractivity contribution is 6.33. The lowest BCUT2D eigenvalue weighted by Crippen LogP contribution is -2.30. The summed E-state index contributed by atoms with van der Waals surface area (Å²) in [6.07, 6.45) is 0.484. The molecule has 1 aromatic heterocycles. The van der Waals surface area contributed by atoms with Gasteiger partial charge in [0.25, 0.3) is 5.91 Å². The molecule has 1 amide bonds. The minimum Gasteiger partial charge on any atom is -0.481 e. The van der Waals surface area contributed by atoms with Gasteiger partial charge in [-0.15, -0.1) is 0 Å². The van der Waals surface area contributed by atoms with Gasteiger partial charge in [0.1, 0.15) is 5.15 Å². The number of rotatable bonds is 2. The summed E-state index contributed by atoms with van der Waals surface area (Å²) in [6, 6.07) is 0. The number of carbonyl (C=O) groups excluding carboxylic acids is 1. The van der Waals surface area contributed by atoms with Crippen LogP contribution in [0.1, 0.15) is 22.5 Å². The largest absolute Gasteiger partial charge is 0.481 e. The molecule has 1 fully saturated rings. The third kappa shape index (κ3) is 2.08. The molecule has 0 unspecified atom stereocenters. The molecule has 1 aliphatic heterocycles. The van der Waals surface area contributed by atoms with Crippen molar-refractivity contribution in [1.82, 2.24) is 14.7 Å². The molecule has 18 heavy (non-hydrogen) atoms.